The zero-order valence-electron chi connectivity index (χ0n) is 15.6. The van der Waals surface area contributed by atoms with Crippen molar-refractivity contribution in [2.75, 3.05) is 5.75 Å². The normalized spacial score (nSPS) is 12.4. The number of carboxylic acids is 1. The third kappa shape index (κ3) is 6.05. The molecule has 0 saturated heterocycles. The molecule has 3 N–H and O–H groups in total. The summed E-state index contributed by atoms with van der Waals surface area (Å²) in [6, 6.07) is 22.5. The number of benzene rings is 2. The van der Waals surface area contributed by atoms with E-state index >= 15 is 0 Å². The topological polar surface area (TPSA) is 80.4 Å². The second-order valence-corrected chi connectivity index (χ2v) is 8.14. The summed E-state index contributed by atoms with van der Waals surface area (Å²) in [6.07, 6.45) is 0. The van der Waals surface area contributed by atoms with Gasteiger partial charge in [-0.05, 0) is 23.9 Å². The number of carbonyl (C=O) groups excluding carboxylic acids is 1. The molecule has 0 aliphatic carbocycles. The zero-order chi connectivity index (χ0) is 20.4. The number of hydrogen-bond donors (Lipinski definition) is 2. The Labute approximate surface area is 173 Å². The van der Waals surface area contributed by atoms with Crippen molar-refractivity contribution in [3.63, 3.8) is 0 Å². The second kappa shape index (κ2) is 10.8. The highest BCUT2D eigenvalue weighted by Gasteiger charge is 2.37. The smallest absolute Gasteiger partial charge is 0.315 e. The Hall–Kier alpha value is -2.41. The Morgan fingerprint density at radius 1 is 1.00 bits per heavy atom. The van der Waals surface area contributed by atoms with Gasteiger partial charge in [0.25, 0.3) is 0 Å². The molecule has 0 bridgehead atoms. The molecule has 3 rings (SSSR count). The van der Waals surface area contributed by atoms with E-state index in [0.29, 0.717) is 12.1 Å². The SMILES string of the molecule is CC(CSC(=O)c1ccccc1)(C(=O)O)c1cccs1.NCc1ccccc1. The van der Waals surface area contributed by atoms with Gasteiger partial charge in [0, 0.05) is 22.7 Å². The molecule has 0 radical (unpaired) electrons. The van der Waals surface area contributed by atoms with Gasteiger partial charge in [-0.3, -0.25) is 9.59 Å². The van der Waals surface area contributed by atoms with Gasteiger partial charge in [0.1, 0.15) is 5.41 Å². The number of thioether (sulfide) groups is 1. The number of rotatable bonds is 6. The highest BCUT2D eigenvalue weighted by molar-refractivity contribution is 8.14. The number of hydrogen-bond acceptors (Lipinski definition) is 5. The Bertz CT molecular complexity index is 867. The largest absolute Gasteiger partial charge is 0.481 e. The molecule has 3 aromatic rings. The van der Waals surface area contributed by atoms with E-state index in [2.05, 4.69) is 0 Å². The van der Waals surface area contributed by atoms with E-state index in [-0.39, 0.29) is 10.9 Å². The van der Waals surface area contributed by atoms with E-state index in [0.717, 1.165) is 16.6 Å². The van der Waals surface area contributed by atoms with Gasteiger partial charge in [0.15, 0.2) is 0 Å². The quantitative estimate of drug-likeness (QED) is 0.606. The van der Waals surface area contributed by atoms with E-state index in [1.165, 1.54) is 16.9 Å². The fraction of sp³-hybridized carbons (Fsp3) is 0.182. The van der Waals surface area contributed by atoms with Crippen LogP contribution in [0.1, 0.15) is 27.7 Å². The Balaban J connectivity index is 0.000000292. The summed E-state index contributed by atoms with van der Waals surface area (Å²) in [6.45, 7) is 2.30. The highest BCUT2D eigenvalue weighted by atomic mass is 32.2. The van der Waals surface area contributed by atoms with Gasteiger partial charge in [-0.1, -0.05) is 78.5 Å². The van der Waals surface area contributed by atoms with Crippen molar-refractivity contribution >= 4 is 34.2 Å². The third-order valence-electron chi connectivity index (χ3n) is 4.12. The number of nitrogens with two attached hydrogens (primary N) is 1. The van der Waals surface area contributed by atoms with Crippen molar-refractivity contribution in [1.29, 1.82) is 0 Å². The molecule has 1 aromatic heterocycles. The fourth-order valence-electron chi connectivity index (χ4n) is 2.31. The molecule has 6 heteroatoms. The maximum atomic E-state index is 12.1. The molecule has 2 aromatic carbocycles. The lowest BCUT2D eigenvalue weighted by Gasteiger charge is -2.22. The first-order chi connectivity index (χ1) is 13.5. The number of thiophene rings is 1. The number of carbonyl (C=O) groups is 2. The van der Waals surface area contributed by atoms with E-state index in [1.54, 1.807) is 37.3 Å². The first-order valence-corrected chi connectivity index (χ1v) is 10.6. The third-order valence-corrected chi connectivity index (χ3v) is 6.47. The predicted octanol–water partition coefficient (Wildman–Crippen LogP) is 4.81. The minimum absolute atomic E-state index is 0.102. The average molecular weight is 414 g/mol. The van der Waals surface area contributed by atoms with Gasteiger partial charge >= 0.3 is 5.97 Å². The van der Waals surface area contributed by atoms with Crippen LogP contribution in [0.15, 0.2) is 78.2 Å². The minimum Gasteiger partial charge on any atom is -0.481 e. The van der Waals surface area contributed by atoms with E-state index in [9.17, 15) is 14.7 Å². The van der Waals surface area contributed by atoms with Crippen LogP contribution in [0.4, 0.5) is 0 Å². The lowest BCUT2D eigenvalue weighted by atomic mass is 9.91. The molecule has 146 valence electrons. The minimum atomic E-state index is -1.04. The van der Waals surface area contributed by atoms with Gasteiger partial charge < -0.3 is 10.8 Å². The summed E-state index contributed by atoms with van der Waals surface area (Å²) < 4.78 is 0. The van der Waals surface area contributed by atoms with Crippen LogP contribution in [0, 0.1) is 0 Å². The standard InChI is InChI=1S/C15H14O3S2.C7H9N/c1-15(14(17)18,12-8-5-9-19-12)10-20-13(16)11-6-3-2-4-7-11;8-6-7-4-2-1-3-5-7/h2-9H,10H2,1H3,(H,17,18);1-5H,6,8H2. The maximum Gasteiger partial charge on any atom is 0.315 e. The molecule has 1 unspecified atom stereocenters. The summed E-state index contributed by atoms with van der Waals surface area (Å²) in [7, 11) is 0. The molecule has 4 nitrogen and oxygen atoms in total. The molecular formula is C22H23NO3S2. The predicted molar refractivity (Wildman–Crippen MR) is 117 cm³/mol. The first kappa shape index (κ1) is 21.9. The van der Waals surface area contributed by atoms with Crippen LogP contribution in [-0.4, -0.2) is 21.9 Å². The molecular weight excluding hydrogens is 390 g/mol. The summed E-state index contributed by atoms with van der Waals surface area (Å²) >= 11 is 2.45. The molecule has 0 amide bonds. The van der Waals surface area contributed by atoms with Crippen LogP contribution in [-0.2, 0) is 16.8 Å². The van der Waals surface area contributed by atoms with Gasteiger partial charge in [0.05, 0.1) is 0 Å². The van der Waals surface area contributed by atoms with Gasteiger partial charge in [-0.25, -0.2) is 0 Å². The first-order valence-electron chi connectivity index (χ1n) is 8.71. The Kier molecular flexibility index (Phi) is 8.44. The summed E-state index contributed by atoms with van der Waals surface area (Å²) in [5, 5.41) is 11.2. The second-order valence-electron chi connectivity index (χ2n) is 6.25. The van der Waals surface area contributed by atoms with Crippen LogP contribution >= 0.6 is 23.1 Å². The number of carboxylic acid groups (broad SMARTS) is 1. The molecule has 1 atom stereocenters. The van der Waals surface area contributed by atoms with Crippen molar-refractivity contribution in [2.45, 2.75) is 18.9 Å². The zero-order valence-corrected chi connectivity index (χ0v) is 17.2. The van der Waals surface area contributed by atoms with Crippen LogP contribution in [0.2, 0.25) is 0 Å². The Morgan fingerprint density at radius 2 is 1.61 bits per heavy atom. The maximum absolute atomic E-state index is 12.1. The van der Waals surface area contributed by atoms with E-state index in [4.69, 9.17) is 5.73 Å². The van der Waals surface area contributed by atoms with Crippen molar-refractivity contribution in [3.05, 3.63) is 94.2 Å². The molecule has 0 aliphatic rings. The van der Waals surface area contributed by atoms with Gasteiger partial charge in [0.2, 0.25) is 5.12 Å². The van der Waals surface area contributed by atoms with Crippen molar-refractivity contribution in [3.8, 4) is 0 Å². The van der Waals surface area contributed by atoms with Crippen molar-refractivity contribution in [1.82, 2.24) is 0 Å². The van der Waals surface area contributed by atoms with Crippen LogP contribution in [0.25, 0.3) is 0 Å². The van der Waals surface area contributed by atoms with Crippen LogP contribution < -0.4 is 5.73 Å². The summed E-state index contributed by atoms with van der Waals surface area (Å²) in [5.74, 6) is -0.690. The monoisotopic (exact) mass is 413 g/mol. The van der Waals surface area contributed by atoms with Gasteiger partial charge in [-0.15, -0.1) is 11.3 Å². The van der Waals surface area contributed by atoms with Crippen LogP contribution in [0.5, 0.6) is 0 Å². The lowest BCUT2D eigenvalue weighted by molar-refractivity contribution is -0.142. The van der Waals surface area contributed by atoms with Crippen molar-refractivity contribution in [2.24, 2.45) is 5.73 Å². The van der Waals surface area contributed by atoms with Gasteiger partial charge in [-0.2, -0.15) is 0 Å². The fourth-order valence-corrected chi connectivity index (χ4v) is 4.29. The molecule has 28 heavy (non-hydrogen) atoms. The van der Waals surface area contributed by atoms with E-state index in [1.807, 2.05) is 47.8 Å². The number of aliphatic carboxylic acids is 1. The average Bonchev–Trinajstić information content (AvgIpc) is 3.29. The Morgan fingerprint density at radius 3 is 2.07 bits per heavy atom. The summed E-state index contributed by atoms with van der Waals surface area (Å²) in [5.41, 5.74) is 6.09. The highest BCUT2D eigenvalue weighted by Crippen LogP contribution is 2.32. The molecule has 1 heterocycles. The van der Waals surface area contributed by atoms with Crippen LogP contribution in [0.3, 0.4) is 0 Å². The lowest BCUT2D eigenvalue weighted by Crippen LogP contribution is -2.34. The molecule has 0 spiro atoms. The summed E-state index contributed by atoms with van der Waals surface area (Å²) in [4.78, 5) is 24.4. The molecule has 0 aliphatic heterocycles. The molecule has 0 saturated carbocycles. The van der Waals surface area contributed by atoms with E-state index < -0.39 is 11.4 Å². The van der Waals surface area contributed by atoms with Crippen molar-refractivity contribution < 1.29 is 14.7 Å². The molecule has 0 fully saturated rings.